The molecule has 0 spiro atoms. The molecule has 0 aliphatic carbocycles. The van der Waals surface area contributed by atoms with Crippen molar-refractivity contribution in [3.05, 3.63) is 42.6 Å². The fourth-order valence-corrected chi connectivity index (χ4v) is 3.86. The number of fused-ring (bicyclic) bond motifs is 3. The minimum absolute atomic E-state index is 0.213. The van der Waals surface area contributed by atoms with Crippen molar-refractivity contribution in [3.8, 4) is 17.2 Å². The molecule has 1 fully saturated rings. The molecule has 10 heteroatoms. The first-order valence-electron chi connectivity index (χ1n) is 9.52. The van der Waals surface area contributed by atoms with Crippen LogP contribution in [0.3, 0.4) is 0 Å². The number of aryl methyl sites for hydroxylation is 1. The van der Waals surface area contributed by atoms with Gasteiger partial charge in [-0.2, -0.15) is 4.98 Å². The van der Waals surface area contributed by atoms with Gasteiger partial charge in [-0.05, 0) is 19.1 Å². The largest absolute Gasteiger partial charge is 0.494 e. The number of halogens is 2. The lowest BCUT2D eigenvalue weighted by atomic mass is 10.2. The summed E-state index contributed by atoms with van der Waals surface area (Å²) in [6.45, 7) is 1.76. The number of alkyl halides is 2. The van der Waals surface area contributed by atoms with Gasteiger partial charge in [0.25, 0.3) is 5.92 Å². The summed E-state index contributed by atoms with van der Waals surface area (Å²) in [6.07, 6.45) is 4.90. The van der Waals surface area contributed by atoms with Crippen LogP contribution in [-0.4, -0.2) is 51.7 Å². The second-order valence-electron chi connectivity index (χ2n) is 7.47. The van der Waals surface area contributed by atoms with Gasteiger partial charge in [0.1, 0.15) is 12.4 Å². The van der Waals surface area contributed by atoms with Gasteiger partial charge < -0.3 is 24.3 Å². The zero-order valence-electron chi connectivity index (χ0n) is 16.5. The van der Waals surface area contributed by atoms with Crippen LogP contribution < -0.4 is 19.7 Å². The molecule has 156 valence electrons. The Morgan fingerprint density at radius 2 is 2.17 bits per heavy atom. The first-order valence-corrected chi connectivity index (χ1v) is 9.52. The highest BCUT2D eigenvalue weighted by Gasteiger charge is 2.48. The molecule has 8 nitrogen and oxygen atoms in total. The van der Waals surface area contributed by atoms with Crippen molar-refractivity contribution in [2.24, 2.45) is 0 Å². The first-order chi connectivity index (χ1) is 14.4. The Morgan fingerprint density at radius 3 is 2.93 bits per heavy atom. The molecule has 1 N–H and O–H groups in total. The maximum atomic E-state index is 13.9. The van der Waals surface area contributed by atoms with E-state index in [4.69, 9.17) is 9.47 Å². The van der Waals surface area contributed by atoms with E-state index in [-0.39, 0.29) is 25.6 Å². The van der Waals surface area contributed by atoms with Gasteiger partial charge in [0.15, 0.2) is 11.6 Å². The molecule has 2 aromatic heterocycles. The van der Waals surface area contributed by atoms with Gasteiger partial charge in [-0.1, -0.05) is 0 Å². The Labute approximate surface area is 171 Å². The molecule has 2 aliphatic rings. The van der Waals surface area contributed by atoms with E-state index in [0.29, 0.717) is 29.0 Å². The predicted octanol–water partition coefficient (Wildman–Crippen LogP) is 3.33. The quantitative estimate of drug-likeness (QED) is 0.702. The van der Waals surface area contributed by atoms with Gasteiger partial charge in [-0.25, -0.2) is 18.7 Å². The van der Waals surface area contributed by atoms with Gasteiger partial charge in [0.2, 0.25) is 5.95 Å². The van der Waals surface area contributed by atoms with E-state index in [9.17, 15) is 8.78 Å². The number of methoxy groups -OCH3 is 1. The molecule has 1 saturated heterocycles. The third-order valence-corrected chi connectivity index (χ3v) is 5.24. The third-order valence-electron chi connectivity index (χ3n) is 5.24. The molecular formula is C20H20F2N6O2. The summed E-state index contributed by atoms with van der Waals surface area (Å²) in [7, 11) is 1.59. The summed E-state index contributed by atoms with van der Waals surface area (Å²) in [5, 5.41) is 3.12. The highest BCUT2D eigenvalue weighted by Crippen LogP contribution is 2.42. The van der Waals surface area contributed by atoms with Crippen LogP contribution in [0.4, 0.5) is 26.2 Å². The summed E-state index contributed by atoms with van der Waals surface area (Å²) < 4.78 is 40.7. The summed E-state index contributed by atoms with van der Waals surface area (Å²) in [5.74, 6) is -1.01. The molecule has 1 atom stereocenters. The lowest BCUT2D eigenvalue weighted by Crippen LogP contribution is -2.39. The smallest absolute Gasteiger partial charge is 0.267 e. The Bertz CT molecular complexity index is 1100. The number of rotatable bonds is 4. The fraction of sp³-hybridized carbons (Fsp3) is 0.350. The molecule has 1 aromatic carbocycles. The summed E-state index contributed by atoms with van der Waals surface area (Å²) >= 11 is 0. The van der Waals surface area contributed by atoms with Crippen LogP contribution in [0.2, 0.25) is 0 Å². The Morgan fingerprint density at radius 1 is 1.30 bits per heavy atom. The third kappa shape index (κ3) is 3.27. The van der Waals surface area contributed by atoms with E-state index in [2.05, 4.69) is 20.3 Å². The molecular weight excluding hydrogens is 394 g/mol. The number of imidazole rings is 1. The zero-order valence-corrected chi connectivity index (χ0v) is 16.5. The van der Waals surface area contributed by atoms with Crippen molar-refractivity contribution in [1.29, 1.82) is 0 Å². The minimum Gasteiger partial charge on any atom is -0.494 e. The van der Waals surface area contributed by atoms with E-state index in [1.807, 2.05) is 35.9 Å². The van der Waals surface area contributed by atoms with E-state index < -0.39 is 5.92 Å². The first kappa shape index (κ1) is 18.6. The van der Waals surface area contributed by atoms with E-state index in [1.165, 1.54) is 6.20 Å². The number of benzene rings is 1. The van der Waals surface area contributed by atoms with Gasteiger partial charge >= 0.3 is 0 Å². The topological polar surface area (TPSA) is 77.3 Å². The second-order valence-corrected chi connectivity index (χ2v) is 7.47. The number of nitrogens with zero attached hydrogens (tertiary/aromatic N) is 5. The SMILES string of the molecule is COc1cc(Nc2ncc3c(n2)N2CC(F)(F)C[C@H]2CO3)ccc1-n1cnc(C)c1. The average Bonchev–Trinajstić information content (AvgIpc) is 3.29. The number of nitrogens with one attached hydrogen (secondary N) is 1. The van der Waals surface area contributed by atoms with Crippen molar-refractivity contribution in [3.63, 3.8) is 0 Å². The molecule has 30 heavy (non-hydrogen) atoms. The molecule has 0 amide bonds. The highest BCUT2D eigenvalue weighted by atomic mass is 19.3. The summed E-state index contributed by atoms with van der Waals surface area (Å²) in [6, 6.07) is 5.19. The standard InChI is InChI=1S/C20H20F2N6O2/c1-12-8-27(11-24-12)15-4-3-13(5-16(15)29-2)25-19-23-7-17-18(26-19)28-10-20(21,22)6-14(28)9-30-17/h3-5,7-8,11,14H,6,9-10H2,1-2H3,(H,23,25,26)/t14-/m0/s1. The van der Waals surface area contributed by atoms with Crippen molar-refractivity contribution < 1.29 is 18.3 Å². The van der Waals surface area contributed by atoms with Gasteiger partial charge in [0, 0.05) is 24.4 Å². The lowest BCUT2D eigenvalue weighted by Gasteiger charge is -2.31. The minimum atomic E-state index is -2.75. The Kier molecular flexibility index (Phi) is 4.23. The van der Waals surface area contributed by atoms with Crippen molar-refractivity contribution in [2.45, 2.75) is 25.3 Å². The predicted molar refractivity (Wildman–Crippen MR) is 106 cm³/mol. The maximum absolute atomic E-state index is 13.9. The molecule has 0 unspecified atom stereocenters. The fourth-order valence-electron chi connectivity index (χ4n) is 3.86. The molecule has 3 aromatic rings. The lowest BCUT2D eigenvalue weighted by molar-refractivity contribution is 0.0211. The highest BCUT2D eigenvalue weighted by molar-refractivity contribution is 5.64. The zero-order chi connectivity index (χ0) is 20.9. The Hall–Kier alpha value is -3.43. The second kappa shape index (κ2) is 6.82. The number of ether oxygens (including phenoxy) is 2. The van der Waals surface area contributed by atoms with Crippen molar-refractivity contribution >= 4 is 17.5 Å². The summed E-state index contributed by atoms with van der Waals surface area (Å²) in [5.41, 5.74) is 2.44. The van der Waals surface area contributed by atoms with Crippen LogP contribution in [0.15, 0.2) is 36.9 Å². The van der Waals surface area contributed by atoms with Crippen molar-refractivity contribution in [1.82, 2.24) is 19.5 Å². The summed E-state index contributed by atoms with van der Waals surface area (Å²) in [4.78, 5) is 14.6. The molecule has 2 aliphatic heterocycles. The van der Waals surface area contributed by atoms with E-state index in [0.717, 1.165) is 11.4 Å². The van der Waals surface area contributed by atoms with Gasteiger partial charge in [-0.15, -0.1) is 0 Å². The molecule has 5 rings (SSSR count). The van der Waals surface area contributed by atoms with Gasteiger partial charge in [0.05, 0.1) is 43.6 Å². The number of hydrogen-bond donors (Lipinski definition) is 1. The van der Waals surface area contributed by atoms with Crippen molar-refractivity contribution in [2.75, 3.05) is 30.5 Å². The van der Waals surface area contributed by atoms with Gasteiger partial charge in [-0.3, -0.25) is 0 Å². The molecule has 0 bridgehead atoms. The normalized spacial score (nSPS) is 19.1. The molecule has 0 saturated carbocycles. The molecule has 0 radical (unpaired) electrons. The van der Waals surface area contributed by atoms with Crippen LogP contribution in [0.5, 0.6) is 11.5 Å². The average molecular weight is 414 g/mol. The van der Waals surface area contributed by atoms with Crippen LogP contribution in [0.1, 0.15) is 12.1 Å². The molecule has 4 heterocycles. The van der Waals surface area contributed by atoms with Crippen LogP contribution in [-0.2, 0) is 0 Å². The number of anilines is 3. The van der Waals surface area contributed by atoms with Crippen LogP contribution >= 0.6 is 0 Å². The number of aromatic nitrogens is 4. The van der Waals surface area contributed by atoms with E-state index in [1.54, 1.807) is 18.3 Å². The van der Waals surface area contributed by atoms with Crippen LogP contribution in [0, 0.1) is 6.92 Å². The monoisotopic (exact) mass is 414 g/mol. The van der Waals surface area contributed by atoms with E-state index >= 15 is 0 Å². The Balaban J connectivity index is 1.42. The number of hydrogen-bond acceptors (Lipinski definition) is 7. The van der Waals surface area contributed by atoms with Crippen LogP contribution in [0.25, 0.3) is 5.69 Å². The maximum Gasteiger partial charge on any atom is 0.267 e.